The van der Waals surface area contributed by atoms with Crippen LogP contribution in [0.25, 0.3) is 11.4 Å². The fraction of sp³-hybridized carbons (Fsp3) is 0.364. The highest BCUT2D eigenvalue weighted by Gasteiger charge is 2.29. The van der Waals surface area contributed by atoms with E-state index in [0.29, 0.717) is 22.2 Å². The lowest BCUT2D eigenvalue weighted by atomic mass is 9.87. The summed E-state index contributed by atoms with van der Waals surface area (Å²) in [6, 6.07) is 7.82. The first kappa shape index (κ1) is 24.6. The van der Waals surface area contributed by atoms with Crippen molar-refractivity contribution in [2.24, 2.45) is 11.1 Å². The number of hydrogen-bond acceptors (Lipinski definition) is 8. The number of halogens is 2. The predicted molar refractivity (Wildman–Crippen MR) is 120 cm³/mol. The van der Waals surface area contributed by atoms with Crippen molar-refractivity contribution in [1.29, 1.82) is 0 Å². The van der Waals surface area contributed by atoms with Crippen LogP contribution >= 0.6 is 15.9 Å². The van der Waals surface area contributed by atoms with Crippen molar-refractivity contribution in [3.63, 3.8) is 0 Å². The molecule has 2 unspecified atom stereocenters. The highest BCUT2D eigenvalue weighted by atomic mass is 79.9. The Morgan fingerprint density at radius 1 is 1.30 bits per heavy atom. The minimum absolute atomic E-state index is 0.00287. The fourth-order valence-electron chi connectivity index (χ4n) is 3.05. The number of benzene rings is 1. The van der Waals surface area contributed by atoms with Crippen LogP contribution in [-0.2, 0) is 11.2 Å². The largest absolute Gasteiger partial charge is 0.443 e. The molecular formula is C22H24BrFN4O5. The van der Waals surface area contributed by atoms with E-state index in [4.69, 9.17) is 19.7 Å². The molecule has 176 valence electrons. The van der Waals surface area contributed by atoms with Crippen molar-refractivity contribution in [3.8, 4) is 23.0 Å². The first-order chi connectivity index (χ1) is 15.5. The number of primary amides is 1. The molecule has 1 amide bonds. The standard InChI is InChI=1S/C22H24BrFN4O5/c1-22(2,3)10-16(29)17(32-21(25)30)9-18-27-19(28-33-18)12-4-6-14(7-5-12)31-20-15(24)8-13(23)11-26-20/h4-8,11,16-17,29H,9-10H2,1-3H3,(H2,25,30). The molecule has 3 aromatic rings. The SMILES string of the molecule is CC(C)(C)CC(O)C(Cc1nc(-c2ccc(Oc3ncc(Br)cc3F)cc2)no1)OC(N)=O. The average Bonchev–Trinajstić information content (AvgIpc) is 3.17. The number of rotatable bonds is 8. The Hall–Kier alpha value is -3.05. The van der Waals surface area contributed by atoms with Gasteiger partial charge in [0.2, 0.25) is 11.7 Å². The third kappa shape index (κ3) is 7.22. The first-order valence-corrected chi connectivity index (χ1v) is 10.9. The van der Waals surface area contributed by atoms with E-state index in [1.165, 1.54) is 12.3 Å². The second-order valence-electron chi connectivity index (χ2n) is 8.59. The van der Waals surface area contributed by atoms with Crippen molar-refractivity contribution >= 4 is 22.0 Å². The normalized spacial score (nSPS) is 13.4. The number of aliphatic hydroxyl groups excluding tert-OH is 1. The van der Waals surface area contributed by atoms with Crippen molar-refractivity contribution in [2.75, 3.05) is 0 Å². The van der Waals surface area contributed by atoms with Gasteiger partial charge >= 0.3 is 6.09 Å². The van der Waals surface area contributed by atoms with Gasteiger partial charge in [0.05, 0.1) is 12.5 Å². The molecule has 0 aliphatic rings. The van der Waals surface area contributed by atoms with Crippen LogP contribution in [-0.4, -0.2) is 38.5 Å². The van der Waals surface area contributed by atoms with Crippen LogP contribution in [0.5, 0.6) is 11.6 Å². The monoisotopic (exact) mass is 522 g/mol. The van der Waals surface area contributed by atoms with E-state index in [1.54, 1.807) is 24.3 Å². The van der Waals surface area contributed by atoms with E-state index in [9.17, 15) is 14.3 Å². The summed E-state index contributed by atoms with van der Waals surface area (Å²) in [5, 5.41) is 14.4. The molecule has 2 heterocycles. The maximum atomic E-state index is 13.9. The van der Waals surface area contributed by atoms with E-state index >= 15 is 0 Å². The Balaban J connectivity index is 1.70. The van der Waals surface area contributed by atoms with E-state index in [1.807, 2.05) is 20.8 Å². The first-order valence-electron chi connectivity index (χ1n) is 10.1. The highest BCUT2D eigenvalue weighted by molar-refractivity contribution is 9.10. The van der Waals surface area contributed by atoms with Crippen LogP contribution < -0.4 is 10.5 Å². The van der Waals surface area contributed by atoms with E-state index in [0.717, 1.165) is 0 Å². The van der Waals surface area contributed by atoms with Gasteiger partial charge in [-0.2, -0.15) is 4.98 Å². The average molecular weight is 523 g/mol. The number of ether oxygens (including phenoxy) is 2. The summed E-state index contributed by atoms with van der Waals surface area (Å²) >= 11 is 3.14. The molecule has 3 rings (SSSR count). The Morgan fingerprint density at radius 3 is 2.61 bits per heavy atom. The molecule has 9 nitrogen and oxygen atoms in total. The van der Waals surface area contributed by atoms with Crippen LogP contribution in [0.4, 0.5) is 9.18 Å². The molecule has 1 aromatic carbocycles. The molecule has 0 bridgehead atoms. The maximum absolute atomic E-state index is 13.9. The van der Waals surface area contributed by atoms with E-state index < -0.39 is 24.1 Å². The third-order valence-corrected chi connectivity index (χ3v) is 4.90. The topological polar surface area (TPSA) is 134 Å². The number of carbonyl (C=O) groups is 1. The number of nitrogens with zero attached hydrogens (tertiary/aromatic N) is 3. The molecule has 0 saturated heterocycles. The maximum Gasteiger partial charge on any atom is 0.404 e. The lowest BCUT2D eigenvalue weighted by molar-refractivity contribution is -0.0156. The molecule has 0 aliphatic heterocycles. The fourth-order valence-corrected chi connectivity index (χ4v) is 3.36. The molecule has 2 atom stereocenters. The van der Waals surface area contributed by atoms with Gasteiger partial charge in [-0.25, -0.2) is 14.2 Å². The summed E-state index contributed by atoms with van der Waals surface area (Å²) in [7, 11) is 0. The van der Waals surface area contributed by atoms with Crippen molar-refractivity contribution in [2.45, 2.75) is 45.8 Å². The van der Waals surface area contributed by atoms with Gasteiger partial charge in [0.1, 0.15) is 11.9 Å². The molecule has 0 radical (unpaired) electrons. The molecular weight excluding hydrogens is 499 g/mol. The zero-order valence-corrected chi connectivity index (χ0v) is 19.9. The second-order valence-corrected chi connectivity index (χ2v) is 9.51. The lowest BCUT2D eigenvalue weighted by Crippen LogP contribution is -2.37. The van der Waals surface area contributed by atoms with E-state index in [-0.39, 0.29) is 29.4 Å². The van der Waals surface area contributed by atoms with Gasteiger partial charge < -0.3 is 24.8 Å². The summed E-state index contributed by atoms with van der Waals surface area (Å²) in [5.74, 6) is 0.0782. The number of aromatic nitrogens is 3. The van der Waals surface area contributed by atoms with Gasteiger partial charge in [-0.15, -0.1) is 0 Å². The van der Waals surface area contributed by atoms with Gasteiger partial charge in [-0.1, -0.05) is 25.9 Å². The molecule has 0 spiro atoms. The quantitative estimate of drug-likeness (QED) is 0.437. The Bertz CT molecular complexity index is 1100. The smallest absolute Gasteiger partial charge is 0.404 e. The molecule has 0 fully saturated rings. The molecule has 0 saturated carbocycles. The highest BCUT2D eigenvalue weighted by Crippen LogP contribution is 2.27. The van der Waals surface area contributed by atoms with Crippen LogP contribution in [0, 0.1) is 11.2 Å². The molecule has 33 heavy (non-hydrogen) atoms. The minimum Gasteiger partial charge on any atom is -0.443 e. The number of hydrogen-bond donors (Lipinski definition) is 2. The Labute approximate surface area is 198 Å². The number of amides is 1. The minimum atomic E-state index is -1.00. The van der Waals surface area contributed by atoms with Gasteiger partial charge in [-0.3, -0.25) is 0 Å². The molecule has 2 aromatic heterocycles. The summed E-state index contributed by atoms with van der Waals surface area (Å²) in [5.41, 5.74) is 5.57. The number of carbonyl (C=O) groups excluding carboxylic acids is 1. The number of aliphatic hydroxyl groups is 1. The van der Waals surface area contributed by atoms with Crippen molar-refractivity contribution < 1.29 is 28.3 Å². The summed E-state index contributed by atoms with van der Waals surface area (Å²) in [4.78, 5) is 19.5. The van der Waals surface area contributed by atoms with Gasteiger partial charge in [0.25, 0.3) is 5.88 Å². The Morgan fingerprint density at radius 2 is 2.00 bits per heavy atom. The van der Waals surface area contributed by atoms with Gasteiger partial charge in [-0.05, 0) is 58.1 Å². The molecule has 3 N–H and O–H groups in total. The number of pyridine rings is 1. The van der Waals surface area contributed by atoms with E-state index in [2.05, 4.69) is 31.1 Å². The molecule has 0 aliphatic carbocycles. The predicted octanol–water partition coefficient (Wildman–Crippen LogP) is 4.63. The number of nitrogens with two attached hydrogens (primary N) is 1. The summed E-state index contributed by atoms with van der Waals surface area (Å²) in [6.07, 6.45) is -1.08. The van der Waals surface area contributed by atoms with Crippen LogP contribution in [0.15, 0.2) is 45.5 Å². The zero-order chi connectivity index (χ0) is 24.2. The second kappa shape index (κ2) is 10.3. The summed E-state index contributed by atoms with van der Waals surface area (Å²) < 4.78 is 30.2. The van der Waals surface area contributed by atoms with Crippen LogP contribution in [0.2, 0.25) is 0 Å². The Kier molecular flexibility index (Phi) is 7.65. The van der Waals surface area contributed by atoms with Gasteiger partial charge in [0, 0.05) is 16.2 Å². The van der Waals surface area contributed by atoms with Gasteiger partial charge in [0.15, 0.2) is 5.82 Å². The van der Waals surface area contributed by atoms with Crippen LogP contribution in [0.3, 0.4) is 0 Å². The third-order valence-electron chi connectivity index (χ3n) is 4.46. The molecule has 11 heteroatoms. The lowest BCUT2D eigenvalue weighted by Gasteiger charge is -2.27. The van der Waals surface area contributed by atoms with Crippen molar-refractivity contribution in [3.05, 3.63) is 52.7 Å². The summed E-state index contributed by atoms with van der Waals surface area (Å²) in [6.45, 7) is 5.87. The van der Waals surface area contributed by atoms with Crippen LogP contribution in [0.1, 0.15) is 33.1 Å². The van der Waals surface area contributed by atoms with Crippen molar-refractivity contribution in [1.82, 2.24) is 15.1 Å². The zero-order valence-electron chi connectivity index (χ0n) is 18.3.